The third-order valence-electron chi connectivity index (χ3n) is 6.98. The molecule has 1 aromatic rings. The Morgan fingerprint density at radius 3 is 2.83 bits per heavy atom. The first-order valence-electron chi connectivity index (χ1n) is 8.73. The molecule has 132 valence electrons. The lowest BCUT2D eigenvalue weighted by Gasteiger charge is -2.53. The van der Waals surface area contributed by atoms with Crippen LogP contribution in [0.4, 0.5) is 4.39 Å². The van der Waals surface area contributed by atoms with Gasteiger partial charge >= 0.3 is 0 Å². The molecule has 4 rings (SSSR count). The molecule has 3 nitrogen and oxygen atoms in total. The number of halogens is 2. The molecule has 24 heavy (non-hydrogen) atoms. The molecule has 3 aliphatic carbocycles. The Hall–Kier alpha value is -0.400. The number of alkyl halides is 1. The Bertz CT molecular complexity index is 666. The summed E-state index contributed by atoms with van der Waals surface area (Å²) >= 11 is 2.38. The molecule has 0 unspecified atom stereocenters. The van der Waals surface area contributed by atoms with E-state index in [2.05, 4.69) is 29.5 Å². The Kier molecular flexibility index (Phi) is 4.12. The lowest BCUT2D eigenvalue weighted by atomic mass is 9.54. The van der Waals surface area contributed by atoms with E-state index in [1.54, 1.807) is 13.2 Å². The predicted molar refractivity (Wildman–Crippen MR) is 98.1 cm³/mol. The normalized spacial score (nSPS) is 43.9. The summed E-state index contributed by atoms with van der Waals surface area (Å²) in [5.41, 5.74) is 1.92. The van der Waals surface area contributed by atoms with Crippen LogP contribution in [0.2, 0.25) is 0 Å². The van der Waals surface area contributed by atoms with Crippen molar-refractivity contribution in [3.05, 3.63) is 29.1 Å². The van der Waals surface area contributed by atoms with E-state index >= 15 is 0 Å². The van der Waals surface area contributed by atoms with Gasteiger partial charge in [-0.25, -0.2) is 4.39 Å². The molecular weight excluding hydrogens is 420 g/mol. The maximum Gasteiger partial charge on any atom is 0.165 e. The largest absolute Gasteiger partial charge is 0.505 e. The number of methoxy groups -OCH3 is 1. The second-order valence-electron chi connectivity index (χ2n) is 8.02. The lowest BCUT2D eigenvalue weighted by molar-refractivity contribution is -0.0923. The van der Waals surface area contributed by atoms with Gasteiger partial charge in [0, 0.05) is 22.4 Å². The van der Waals surface area contributed by atoms with Crippen LogP contribution < -0.4 is 0 Å². The van der Waals surface area contributed by atoms with E-state index < -0.39 is 5.82 Å². The number of aliphatic hydroxyl groups excluding tert-OH is 1. The number of aromatic hydroxyl groups is 1. The standard InChI is InChI=1S/C19H24FIO3/c1-19-8-16(24-2)17-10(12(19)7-14(21)18(19)23)4-3-9-5-15(22)13(20)6-11(9)17/h5-6,10,12,14,16-18,22-23H,3-4,7-8H2,1-2H3/t10-,12-,14+,16-,17-,18-,19-/m0/s1/i21-2. The van der Waals surface area contributed by atoms with Crippen LogP contribution in [0.5, 0.6) is 5.75 Å². The molecule has 7 atom stereocenters. The number of ether oxygens (including phenoxy) is 1. The molecule has 0 radical (unpaired) electrons. The highest BCUT2D eigenvalue weighted by molar-refractivity contribution is 14.1. The van der Waals surface area contributed by atoms with Crippen molar-refractivity contribution in [3.63, 3.8) is 0 Å². The molecule has 0 aliphatic heterocycles. The smallest absolute Gasteiger partial charge is 0.165 e. The quantitative estimate of drug-likeness (QED) is 0.512. The van der Waals surface area contributed by atoms with Crippen molar-refractivity contribution in [2.75, 3.05) is 7.11 Å². The molecule has 0 aromatic heterocycles. The predicted octanol–water partition coefficient (Wildman–Crippen LogP) is 3.79. The third-order valence-corrected chi connectivity index (χ3v) is 8.17. The number of aliphatic hydroxyl groups is 1. The van der Waals surface area contributed by atoms with Gasteiger partial charge in [0.1, 0.15) is 0 Å². The number of hydrogen-bond acceptors (Lipinski definition) is 3. The Labute approximate surface area is 155 Å². The molecule has 1 aromatic carbocycles. The van der Waals surface area contributed by atoms with Crippen LogP contribution in [0, 0.1) is 23.1 Å². The average molecular weight is 444 g/mol. The third kappa shape index (κ3) is 2.27. The molecule has 3 aliphatic rings. The number of phenols is 1. The van der Waals surface area contributed by atoms with Gasteiger partial charge in [-0.15, -0.1) is 0 Å². The minimum atomic E-state index is -0.546. The van der Waals surface area contributed by atoms with E-state index in [-0.39, 0.29) is 33.2 Å². The minimum absolute atomic E-state index is 0.0180. The first-order valence-corrected chi connectivity index (χ1v) is 9.97. The van der Waals surface area contributed by atoms with Crippen LogP contribution >= 0.6 is 22.6 Å². The highest BCUT2D eigenvalue weighted by Crippen LogP contribution is 2.62. The van der Waals surface area contributed by atoms with E-state index in [9.17, 15) is 14.6 Å². The van der Waals surface area contributed by atoms with Gasteiger partial charge in [-0.2, -0.15) is 0 Å². The van der Waals surface area contributed by atoms with Gasteiger partial charge in [0.15, 0.2) is 11.6 Å². The van der Waals surface area contributed by atoms with Crippen molar-refractivity contribution in [1.82, 2.24) is 0 Å². The van der Waals surface area contributed by atoms with Gasteiger partial charge in [-0.05, 0) is 60.8 Å². The zero-order valence-electron chi connectivity index (χ0n) is 14.0. The molecule has 0 heterocycles. The van der Waals surface area contributed by atoms with E-state index in [1.807, 2.05) is 0 Å². The van der Waals surface area contributed by atoms with Crippen molar-refractivity contribution >= 4 is 22.6 Å². The number of aryl methyl sites for hydroxylation is 1. The van der Waals surface area contributed by atoms with Gasteiger partial charge < -0.3 is 14.9 Å². The molecule has 0 saturated heterocycles. The number of benzene rings is 1. The molecule has 0 spiro atoms. The maximum absolute atomic E-state index is 14.0. The number of rotatable bonds is 1. The molecule has 0 amide bonds. The molecule has 2 fully saturated rings. The molecule has 2 N–H and O–H groups in total. The van der Waals surface area contributed by atoms with E-state index in [0.717, 1.165) is 36.8 Å². The molecule has 2 saturated carbocycles. The fourth-order valence-electron chi connectivity index (χ4n) is 5.81. The fraction of sp³-hybridized carbons (Fsp3) is 0.684. The summed E-state index contributed by atoms with van der Waals surface area (Å²) in [4.78, 5) is 0. The Balaban J connectivity index is 1.80. The van der Waals surface area contributed by atoms with Gasteiger partial charge in [0.25, 0.3) is 0 Å². The van der Waals surface area contributed by atoms with E-state index in [4.69, 9.17) is 4.74 Å². The highest BCUT2D eigenvalue weighted by Gasteiger charge is 2.60. The van der Waals surface area contributed by atoms with Crippen molar-refractivity contribution in [2.45, 2.75) is 54.7 Å². The summed E-state index contributed by atoms with van der Waals surface area (Å²) in [7, 11) is 1.72. The molecular formula is C19H24FIO3. The highest BCUT2D eigenvalue weighted by atomic mass is 125. The van der Waals surface area contributed by atoms with Gasteiger partial charge in [0.05, 0.1) is 12.2 Å². The van der Waals surface area contributed by atoms with Crippen LogP contribution in [0.1, 0.15) is 43.2 Å². The SMILES string of the molecule is CO[C@H]1C[C@]2(C)[C@@H](O)[C@H]([125I])C[C@H]2[C@@H]2CCc3cc(O)c(F)cc3[C@H]21. The fourth-order valence-corrected chi connectivity index (χ4v) is 7.18. The van der Waals surface area contributed by atoms with Gasteiger partial charge in [-0.3, -0.25) is 0 Å². The van der Waals surface area contributed by atoms with Crippen LogP contribution in [-0.4, -0.2) is 33.5 Å². The number of phenolic OH excluding ortho intramolecular Hbond substituents is 1. The summed E-state index contributed by atoms with van der Waals surface area (Å²) < 4.78 is 20.1. The second-order valence-corrected chi connectivity index (χ2v) is 9.62. The summed E-state index contributed by atoms with van der Waals surface area (Å²) in [5.74, 6) is 0.192. The summed E-state index contributed by atoms with van der Waals surface area (Å²) in [6.07, 6.45) is 3.37. The Morgan fingerprint density at radius 2 is 2.12 bits per heavy atom. The maximum atomic E-state index is 14.0. The van der Waals surface area contributed by atoms with Crippen LogP contribution in [0.25, 0.3) is 0 Å². The minimum Gasteiger partial charge on any atom is -0.505 e. The van der Waals surface area contributed by atoms with E-state index in [0.29, 0.717) is 11.8 Å². The number of hydrogen-bond donors (Lipinski definition) is 2. The topological polar surface area (TPSA) is 49.7 Å². The second kappa shape index (κ2) is 5.81. The van der Waals surface area contributed by atoms with Gasteiger partial charge in [-0.1, -0.05) is 29.5 Å². The molecule has 5 heteroatoms. The van der Waals surface area contributed by atoms with Crippen molar-refractivity contribution in [1.29, 1.82) is 0 Å². The van der Waals surface area contributed by atoms with Crippen LogP contribution in [0.3, 0.4) is 0 Å². The first-order chi connectivity index (χ1) is 11.4. The van der Waals surface area contributed by atoms with Crippen molar-refractivity contribution in [3.8, 4) is 5.75 Å². The summed E-state index contributed by atoms with van der Waals surface area (Å²) in [5, 5.41) is 20.5. The monoisotopic (exact) mass is 444 g/mol. The average Bonchev–Trinajstić information content (AvgIpc) is 2.78. The lowest BCUT2D eigenvalue weighted by Crippen LogP contribution is -2.50. The summed E-state index contributed by atoms with van der Waals surface area (Å²) in [6, 6.07) is 3.11. The summed E-state index contributed by atoms with van der Waals surface area (Å²) in [6.45, 7) is 2.20. The van der Waals surface area contributed by atoms with E-state index in [1.165, 1.54) is 6.07 Å². The Morgan fingerprint density at radius 1 is 1.38 bits per heavy atom. The number of fused-ring (bicyclic) bond motifs is 5. The first kappa shape index (κ1) is 17.0. The van der Waals surface area contributed by atoms with Crippen LogP contribution in [-0.2, 0) is 11.2 Å². The van der Waals surface area contributed by atoms with Crippen LogP contribution in [0.15, 0.2) is 12.1 Å². The van der Waals surface area contributed by atoms with Gasteiger partial charge in [0.2, 0.25) is 0 Å². The van der Waals surface area contributed by atoms with Crippen molar-refractivity contribution < 1.29 is 19.3 Å². The van der Waals surface area contributed by atoms with Crippen molar-refractivity contribution in [2.24, 2.45) is 17.3 Å². The zero-order chi connectivity index (χ0) is 17.2. The zero-order valence-corrected chi connectivity index (χ0v) is 16.2. The molecule has 0 bridgehead atoms.